The molecule has 8 heteroatoms. The Balaban J connectivity index is 1.67. The first-order valence-corrected chi connectivity index (χ1v) is 10.4. The van der Waals surface area contributed by atoms with E-state index in [1.165, 1.54) is 11.4 Å². The molecule has 1 heterocycles. The largest absolute Gasteiger partial charge is 0.496 e. The number of hydrogen-bond acceptors (Lipinski definition) is 4. The minimum absolute atomic E-state index is 0.262. The summed E-state index contributed by atoms with van der Waals surface area (Å²) < 4.78 is 31.8. The van der Waals surface area contributed by atoms with E-state index in [9.17, 15) is 13.2 Å². The average molecular weight is 409 g/mol. The van der Waals surface area contributed by atoms with Gasteiger partial charge in [-0.15, -0.1) is 0 Å². The second-order valence-corrected chi connectivity index (χ2v) is 8.66. The van der Waals surface area contributed by atoms with E-state index < -0.39 is 10.0 Å². The van der Waals surface area contributed by atoms with Crippen LogP contribution in [0, 0.1) is 0 Å². The third kappa shape index (κ3) is 4.43. The van der Waals surface area contributed by atoms with Crippen molar-refractivity contribution in [3.63, 3.8) is 0 Å². The number of amides is 1. The fourth-order valence-corrected chi connectivity index (χ4v) is 4.68. The fraction of sp³-hybridized carbons (Fsp3) is 0.316. The molecule has 1 aliphatic heterocycles. The van der Waals surface area contributed by atoms with Crippen LogP contribution in [0.4, 0.5) is 0 Å². The van der Waals surface area contributed by atoms with Crippen LogP contribution in [0.2, 0.25) is 5.02 Å². The minimum Gasteiger partial charge on any atom is -0.496 e. The van der Waals surface area contributed by atoms with Crippen molar-refractivity contribution in [2.24, 2.45) is 0 Å². The number of carbonyl (C=O) groups is 1. The number of carbonyl (C=O) groups excluding carboxylic acids is 1. The van der Waals surface area contributed by atoms with Crippen molar-refractivity contribution in [1.82, 2.24) is 9.62 Å². The van der Waals surface area contributed by atoms with Gasteiger partial charge in [-0.1, -0.05) is 23.7 Å². The number of sulfonamides is 1. The number of methoxy groups -OCH3 is 1. The van der Waals surface area contributed by atoms with Crippen LogP contribution in [0.15, 0.2) is 47.4 Å². The third-order valence-electron chi connectivity index (χ3n) is 4.49. The van der Waals surface area contributed by atoms with Crippen molar-refractivity contribution in [2.45, 2.75) is 24.3 Å². The molecule has 0 unspecified atom stereocenters. The lowest BCUT2D eigenvalue weighted by Crippen LogP contribution is -2.28. The molecule has 0 aromatic heterocycles. The van der Waals surface area contributed by atoms with Crippen molar-refractivity contribution in [2.75, 3.05) is 20.2 Å². The number of nitrogens with one attached hydrogen (secondary N) is 1. The number of nitrogens with zero attached hydrogens (tertiary/aromatic N) is 1. The van der Waals surface area contributed by atoms with Gasteiger partial charge >= 0.3 is 0 Å². The van der Waals surface area contributed by atoms with Crippen molar-refractivity contribution in [3.8, 4) is 5.75 Å². The summed E-state index contributed by atoms with van der Waals surface area (Å²) in [6.45, 7) is 1.40. The molecule has 1 fully saturated rings. The van der Waals surface area contributed by atoms with Crippen LogP contribution >= 0.6 is 11.6 Å². The van der Waals surface area contributed by atoms with E-state index in [0.29, 0.717) is 29.4 Å². The van der Waals surface area contributed by atoms with Crippen LogP contribution in [-0.4, -0.2) is 38.8 Å². The SMILES string of the molecule is COc1ccc(Cl)cc1C(=O)NCc1ccc(S(=O)(=O)N2CCCC2)cc1. The predicted octanol–water partition coefficient (Wildman–Crippen LogP) is 3.06. The van der Waals surface area contributed by atoms with Gasteiger partial charge in [-0.25, -0.2) is 8.42 Å². The van der Waals surface area contributed by atoms with Gasteiger partial charge in [0.1, 0.15) is 5.75 Å². The van der Waals surface area contributed by atoms with Gasteiger partial charge in [-0.2, -0.15) is 4.31 Å². The molecule has 27 heavy (non-hydrogen) atoms. The molecule has 0 radical (unpaired) electrons. The highest BCUT2D eigenvalue weighted by molar-refractivity contribution is 7.89. The average Bonchev–Trinajstić information content (AvgIpc) is 3.22. The lowest BCUT2D eigenvalue weighted by molar-refractivity contribution is 0.0948. The highest BCUT2D eigenvalue weighted by Crippen LogP contribution is 2.23. The zero-order chi connectivity index (χ0) is 19.4. The predicted molar refractivity (Wildman–Crippen MR) is 104 cm³/mol. The summed E-state index contributed by atoms with van der Waals surface area (Å²) in [4.78, 5) is 12.7. The van der Waals surface area contributed by atoms with Crippen molar-refractivity contribution < 1.29 is 17.9 Å². The van der Waals surface area contributed by atoms with Gasteiger partial charge in [0.15, 0.2) is 0 Å². The molecule has 0 saturated carbocycles. The smallest absolute Gasteiger partial charge is 0.255 e. The summed E-state index contributed by atoms with van der Waals surface area (Å²) in [5.74, 6) is 0.118. The van der Waals surface area contributed by atoms with Crippen molar-refractivity contribution in [1.29, 1.82) is 0 Å². The second-order valence-electron chi connectivity index (χ2n) is 6.28. The Kier molecular flexibility index (Phi) is 6.04. The quantitative estimate of drug-likeness (QED) is 0.797. The molecule has 6 nitrogen and oxygen atoms in total. The van der Waals surface area contributed by atoms with Gasteiger partial charge < -0.3 is 10.1 Å². The summed E-state index contributed by atoms with van der Waals surface area (Å²) in [6, 6.07) is 11.4. The van der Waals surface area contributed by atoms with E-state index in [-0.39, 0.29) is 17.3 Å². The summed E-state index contributed by atoms with van der Waals surface area (Å²) >= 11 is 5.95. The minimum atomic E-state index is -3.43. The fourth-order valence-electron chi connectivity index (χ4n) is 2.99. The molecule has 3 rings (SSSR count). The molecule has 1 aliphatic rings. The van der Waals surface area contributed by atoms with Gasteiger partial charge in [-0.05, 0) is 48.7 Å². The van der Waals surface area contributed by atoms with E-state index in [2.05, 4.69) is 5.32 Å². The molecule has 1 N–H and O–H groups in total. The topological polar surface area (TPSA) is 75.7 Å². The van der Waals surface area contributed by atoms with Gasteiger partial charge in [-0.3, -0.25) is 4.79 Å². The normalized spacial score (nSPS) is 14.9. The van der Waals surface area contributed by atoms with Crippen LogP contribution in [0.5, 0.6) is 5.75 Å². The summed E-state index contributed by atoms with van der Waals surface area (Å²) in [5, 5.41) is 3.24. The van der Waals surface area contributed by atoms with Crippen LogP contribution < -0.4 is 10.1 Å². The first-order chi connectivity index (χ1) is 12.9. The lowest BCUT2D eigenvalue weighted by Gasteiger charge is -2.15. The van der Waals surface area contributed by atoms with E-state index in [0.717, 1.165) is 18.4 Å². The molecule has 144 valence electrons. The first kappa shape index (κ1) is 19.7. The number of benzene rings is 2. The third-order valence-corrected chi connectivity index (χ3v) is 6.63. The molecular formula is C19H21ClN2O4S. The molecule has 1 amide bonds. The Labute approximate surface area is 164 Å². The summed E-state index contributed by atoms with van der Waals surface area (Å²) in [5.41, 5.74) is 1.14. The Morgan fingerprint density at radius 1 is 1.15 bits per heavy atom. The number of halogens is 1. The van der Waals surface area contributed by atoms with Crippen molar-refractivity contribution >= 4 is 27.5 Å². The Morgan fingerprint density at radius 3 is 2.44 bits per heavy atom. The molecule has 1 saturated heterocycles. The maximum absolute atomic E-state index is 12.5. The zero-order valence-electron chi connectivity index (χ0n) is 14.9. The molecule has 2 aromatic carbocycles. The van der Waals surface area contributed by atoms with E-state index >= 15 is 0 Å². The van der Waals surface area contributed by atoms with Gasteiger partial charge in [0.25, 0.3) is 5.91 Å². The second kappa shape index (κ2) is 8.29. The van der Waals surface area contributed by atoms with Crippen LogP contribution in [0.1, 0.15) is 28.8 Å². The molecule has 0 spiro atoms. The first-order valence-electron chi connectivity index (χ1n) is 8.62. The molecule has 0 atom stereocenters. The van der Waals surface area contributed by atoms with Crippen LogP contribution in [0.3, 0.4) is 0 Å². The summed E-state index contributed by atoms with van der Waals surface area (Å²) in [7, 11) is -1.94. The number of rotatable bonds is 6. The van der Waals surface area contributed by atoms with E-state index in [1.54, 1.807) is 42.5 Å². The van der Waals surface area contributed by atoms with Crippen LogP contribution in [0.25, 0.3) is 0 Å². The maximum atomic E-state index is 12.5. The van der Waals surface area contributed by atoms with Gasteiger partial charge in [0, 0.05) is 24.7 Å². The maximum Gasteiger partial charge on any atom is 0.255 e. The monoisotopic (exact) mass is 408 g/mol. The Hall–Kier alpha value is -2.09. The number of ether oxygens (including phenoxy) is 1. The zero-order valence-corrected chi connectivity index (χ0v) is 16.5. The van der Waals surface area contributed by atoms with E-state index in [4.69, 9.17) is 16.3 Å². The van der Waals surface area contributed by atoms with Crippen LogP contribution in [-0.2, 0) is 16.6 Å². The number of hydrogen-bond donors (Lipinski definition) is 1. The Morgan fingerprint density at radius 2 is 1.81 bits per heavy atom. The Bertz CT molecular complexity index is 923. The van der Waals surface area contributed by atoms with Crippen molar-refractivity contribution in [3.05, 3.63) is 58.6 Å². The van der Waals surface area contributed by atoms with Gasteiger partial charge in [0.05, 0.1) is 17.6 Å². The molecule has 0 aliphatic carbocycles. The van der Waals surface area contributed by atoms with E-state index in [1.807, 2.05) is 0 Å². The summed E-state index contributed by atoms with van der Waals surface area (Å²) in [6.07, 6.45) is 1.80. The highest BCUT2D eigenvalue weighted by Gasteiger charge is 2.26. The highest BCUT2D eigenvalue weighted by atomic mass is 35.5. The molecule has 2 aromatic rings. The standard InChI is InChI=1S/C19H21ClN2O4S/c1-26-18-9-6-15(20)12-17(18)19(23)21-13-14-4-7-16(8-5-14)27(24,25)22-10-2-3-11-22/h4-9,12H,2-3,10-11,13H2,1H3,(H,21,23). The molecule has 0 bridgehead atoms. The molecular weight excluding hydrogens is 388 g/mol. The lowest BCUT2D eigenvalue weighted by atomic mass is 10.1. The van der Waals surface area contributed by atoms with Gasteiger partial charge in [0.2, 0.25) is 10.0 Å².